The number of nitrogens with one attached hydrogen (secondary N) is 1. The Balaban J connectivity index is 1.49. The summed E-state index contributed by atoms with van der Waals surface area (Å²) < 4.78 is 60.3. The Kier molecular flexibility index (Phi) is 7.26. The lowest BCUT2D eigenvalue weighted by molar-refractivity contribution is 0.190. The summed E-state index contributed by atoms with van der Waals surface area (Å²) in [4.78, 5) is 3.23. The molecule has 2 atom stereocenters. The van der Waals surface area contributed by atoms with Crippen molar-refractivity contribution < 1.29 is 21.9 Å². The smallest absolute Gasteiger partial charge is 0.187 e. The van der Waals surface area contributed by atoms with Gasteiger partial charge in [0.25, 0.3) is 0 Å². The predicted octanol–water partition coefficient (Wildman–Crippen LogP) is 4.76. The third kappa shape index (κ3) is 5.69. The zero-order valence-electron chi connectivity index (χ0n) is 17.7. The Morgan fingerprint density at radius 1 is 1.09 bits per heavy atom. The predicted molar refractivity (Wildman–Crippen MR) is 122 cm³/mol. The maximum Gasteiger partial charge on any atom is 0.187 e. The summed E-state index contributed by atoms with van der Waals surface area (Å²) in [5, 5.41) is 3.95. The van der Waals surface area contributed by atoms with E-state index in [4.69, 9.17) is 16.3 Å². The first-order chi connectivity index (χ1) is 15.8. The fourth-order valence-electron chi connectivity index (χ4n) is 4.06. The molecule has 33 heavy (non-hydrogen) atoms. The van der Waals surface area contributed by atoms with Gasteiger partial charge < -0.3 is 10.1 Å². The van der Waals surface area contributed by atoms with Crippen molar-refractivity contribution in [3.8, 4) is 5.75 Å². The first kappa shape index (κ1) is 23.6. The molecule has 2 aromatic carbocycles. The number of aromatic nitrogens is 1. The van der Waals surface area contributed by atoms with Crippen LogP contribution in [0.1, 0.15) is 23.6 Å². The Hall–Kier alpha value is -2.55. The van der Waals surface area contributed by atoms with Crippen LogP contribution in [0.3, 0.4) is 0 Å². The third-order valence-corrected chi connectivity index (χ3v) is 7.66. The summed E-state index contributed by atoms with van der Waals surface area (Å²) in [7, 11) is -4.12. The lowest BCUT2D eigenvalue weighted by Crippen LogP contribution is -2.38. The molecule has 0 bridgehead atoms. The molecule has 0 amide bonds. The van der Waals surface area contributed by atoms with Crippen LogP contribution < -0.4 is 10.1 Å². The van der Waals surface area contributed by atoms with Gasteiger partial charge in [0.2, 0.25) is 0 Å². The highest BCUT2D eigenvalue weighted by molar-refractivity contribution is 7.90. The van der Waals surface area contributed by atoms with Gasteiger partial charge in [0.05, 0.1) is 18.1 Å². The highest BCUT2D eigenvalue weighted by Crippen LogP contribution is 2.33. The molecule has 1 fully saturated rings. The largest absolute Gasteiger partial charge is 0.490 e. The van der Waals surface area contributed by atoms with E-state index >= 15 is 0 Å². The summed E-state index contributed by atoms with van der Waals surface area (Å²) in [6, 6.07) is 13.8. The van der Waals surface area contributed by atoms with Gasteiger partial charge in [0, 0.05) is 29.7 Å². The average molecular weight is 493 g/mol. The molecular formula is C24H23ClF2N2O3S. The van der Waals surface area contributed by atoms with Crippen molar-refractivity contribution in [2.45, 2.75) is 23.0 Å². The average Bonchev–Trinajstić information content (AvgIpc) is 2.80. The van der Waals surface area contributed by atoms with Gasteiger partial charge in [-0.2, -0.15) is 0 Å². The number of halogens is 3. The van der Waals surface area contributed by atoms with Crippen LogP contribution in [0.5, 0.6) is 5.75 Å². The second-order valence-corrected chi connectivity index (χ2v) is 10.4. The van der Waals surface area contributed by atoms with E-state index in [1.165, 1.54) is 12.3 Å². The summed E-state index contributed by atoms with van der Waals surface area (Å²) in [6.45, 7) is 1.65. The molecule has 1 unspecified atom stereocenters. The number of nitrogens with zero attached hydrogens (tertiary/aromatic N) is 1. The van der Waals surface area contributed by atoms with Crippen molar-refractivity contribution in [1.29, 1.82) is 0 Å². The number of ether oxygens (including phenoxy) is 1. The zero-order valence-corrected chi connectivity index (χ0v) is 19.3. The second-order valence-electron chi connectivity index (χ2n) is 8.02. The Bertz CT molecular complexity index is 1210. The topological polar surface area (TPSA) is 68.3 Å². The molecule has 1 aliphatic rings. The van der Waals surface area contributed by atoms with Crippen molar-refractivity contribution in [2.75, 3.05) is 19.7 Å². The van der Waals surface area contributed by atoms with Gasteiger partial charge in [-0.3, -0.25) is 4.98 Å². The van der Waals surface area contributed by atoms with Gasteiger partial charge in [0.1, 0.15) is 10.7 Å². The van der Waals surface area contributed by atoms with Gasteiger partial charge in [-0.1, -0.05) is 29.8 Å². The monoisotopic (exact) mass is 492 g/mol. The number of benzene rings is 2. The van der Waals surface area contributed by atoms with E-state index in [1.54, 1.807) is 12.1 Å². The molecule has 174 valence electrons. The van der Waals surface area contributed by atoms with Gasteiger partial charge in [-0.15, -0.1) is 0 Å². The fraction of sp³-hybridized carbons (Fsp3) is 0.292. The van der Waals surface area contributed by atoms with Gasteiger partial charge in [-0.05, 0) is 54.8 Å². The van der Waals surface area contributed by atoms with Crippen LogP contribution in [0, 0.1) is 17.6 Å². The number of hydrogen-bond donors (Lipinski definition) is 1. The number of pyridine rings is 1. The van der Waals surface area contributed by atoms with Crippen LogP contribution in [-0.2, 0) is 15.6 Å². The molecular weight excluding hydrogens is 470 g/mol. The standard InChI is InChI=1S/C24H23ClF2N2O3S/c25-18-6-4-16(5-7-18)20-8-10-28-13-17(20)14-32-23-11-22(27)24(12-21(23)26)33(30,31)15-19-3-1-2-9-29-19/h1-7,9,11-12,17,20,28H,8,10,13-15H2/t17-,20?/m0/s1. The molecule has 9 heteroatoms. The Labute approximate surface area is 196 Å². The van der Waals surface area contributed by atoms with E-state index in [0.29, 0.717) is 17.6 Å². The fourth-order valence-corrected chi connectivity index (χ4v) is 5.54. The van der Waals surface area contributed by atoms with Crippen LogP contribution >= 0.6 is 11.6 Å². The highest BCUT2D eigenvalue weighted by atomic mass is 35.5. The molecule has 0 spiro atoms. The number of sulfone groups is 1. The van der Waals surface area contributed by atoms with E-state index in [-0.39, 0.29) is 29.9 Å². The molecule has 2 heterocycles. The van der Waals surface area contributed by atoms with Crippen LogP contribution in [0.15, 0.2) is 65.7 Å². The molecule has 3 aromatic rings. The van der Waals surface area contributed by atoms with E-state index in [9.17, 15) is 17.2 Å². The summed E-state index contributed by atoms with van der Waals surface area (Å²) >= 11 is 5.99. The SMILES string of the molecule is O=S(=O)(Cc1ccccn1)c1cc(F)c(OC[C@@H]2CNCCC2c2ccc(Cl)cc2)cc1F. The lowest BCUT2D eigenvalue weighted by atomic mass is 9.81. The van der Waals surface area contributed by atoms with Crippen molar-refractivity contribution in [3.05, 3.63) is 88.7 Å². The molecule has 0 aliphatic carbocycles. The normalized spacial score (nSPS) is 18.8. The van der Waals surface area contributed by atoms with Crippen molar-refractivity contribution in [1.82, 2.24) is 10.3 Å². The molecule has 1 aromatic heterocycles. The van der Waals surface area contributed by atoms with Crippen molar-refractivity contribution in [3.63, 3.8) is 0 Å². The maximum atomic E-state index is 14.7. The maximum absolute atomic E-state index is 14.7. The van der Waals surface area contributed by atoms with E-state index in [0.717, 1.165) is 24.6 Å². The summed E-state index contributed by atoms with van der Waals surface area (Å²) in [6.07, 6.45) is 2.31. The molecule has 0 radical (unpaired) electrons. The molecule has 4 rings (SSSR count). The molecule has 1 saturated heterocycles. The van der Waals surface area contributed by atoms with Crippen LogP contribution in [0.2, 0.25) is 5.02 Å². The van der Waals surface area contributed by atoms with Crippen molar-refractivity contribution in [2.24, 2.45) is 5.92 Å². The van der Waals surface area contributed by atoms with Crippen LogP contribution in [0.4, 0.5) is 8.78 Å². The molecule has 5 nitrogen and oxygen atoms in total. The van der Waals surface area contributed by atoms with Gasteiger partial charge in [-0.25, -0.2) is 17.2 Å². The lowest BCUT2D eigenvalue weighted by Gasteiger charge is -2.32. The molecule has 1 N–H and O–H groups in total. The first-order valence-corrected chi connectivity index (χ1v) is 12.6. The van der Waals surface area contributed by atoms with E-state index in [1.807, 2.05) is 24.3 Å². The zero-order chi connectivity index (χ0) is 23.4. The number of rotatable bonds is 7. The van der Waals surface area contributed by atoms with Gasteiger partial charge >= 0.3 is 0 Å². The minimum Gasteiger partial charge on any atom is -0.490 e. The number of piperidine rings is 1. The third-order valence-electron chi connectivity index (χ3n) is 5.74. The molecule has 1 aliphatic heterocycles. The van der Waals surface area contributed by atoms with E-state index < -0.39 is 32.1 Å². The minimum atomic E-state index is -4.12. The van der Waals surface area contributed by atoms with Crippen LogP contribution in [0.25, 0.3) is 0 Å². The second kappa shape index (κ2) is 10.2. The minimum absolute atomic E-state index is 0.0231. The summed E-state index contributed by atoms with van der Waals surface area (Å²) in [5.41, 5.74) is 1.35. The van der Waals surface area contributed by atoms with Gasteiger partial charge in [0.15, 0.2) is 21.4 Å². The highest BCUT2D eigenvalue weighted by Gasteiger charge is 2.28. The van der Waals surface area contributed by atoms with Crippen molar-refractivity contribution >= 4 is 21.4 Å². The van der Waals surface area contributed by atoms with Crippen LogP contribution in [-0.4, -0.2) is 33.1 Å². The Morgan fingerprint density at radius 3 is 2.61 bits per heavy atom. The first-order valence-electron chi connectivity index (χ1n) is 10.5. The molecule has 0 saturated carbocycles. The van der Waals surface area contributed by atoms with E-state index in [2.05, 4.69) is 10.3 Å². The number of hydrogen-bond acceptors (Lipinski definition) is 5. The Morgan fingerprint density at radius 2 is 1.88 bits per heavy atom. The quantitative estimate of drug-likeness (QED) is 0.515. The summed E-state index contributed by atoms with van der Waals surface area (Å²) in [5.74, 6) is -2.63.